The highest BCUT2D eigenvalue weighted by Gasteiger charge is 2.12. The molecule has 0 aliphatic carbocycles. The summed E-state index contributed by atoms with van der Waals surface area (Å²) in [5, 5.41) is 15.6. The van der Waals surface area contributed by atoms with Gasteiger partial charge in [0.25, 0.3) is 0 Å². The Bertz CT molecular complexity index is 834. The van der Waals surface area contributed by atoms with Gasteiger partial charge < -0.3 is 5.32 Å². The number of tetrazole rings is 1. The first-order valence-corrected chi connectivity index (χ1v) is 7.87. The lowest BCUT2D eigenvalue weighted by atomic mass is 10.1. The van der Waals surface area contributed by atoms with E-state index in [9.17, 15) is 4.79 Å². The smallest absolute Gasteiger partial charge is 0.244 e. The van der Waals surface area contributed by atoms with E-state index in [0.717, 1.165) is 11.1 Å². The van der Waals surface area contributed by atoms with Gasteiger partial charge in [-0.3, -0.25) is 4.79 Å². The Kier molecular flexibility index (Phi) is 4.86. The first kappa shape index (κ1) is 16.1. The highest BCUT2D eigenvalue weighted by atomic mass is 35.5. The molecule has 0 aliphatic rings. The molecule has 0 saturated carbocycles. The molecule has 0 radical (unpaired) electrons. The lowest BCUT2D eigenvalue weighted by Crippen LogP contribution is -2.30. The third-order valence-electron chi connectivity index (χ3n) is 3.50. The van der Waals surface area contributed by atoms with Crippen molar-refractivity contribution >= 4 is 17.5 Å². The molecule has 0 spiro atoms. The molecule has 3 aromatic rings. The monoisotopic (exact) mass is 341 g/mol. The first-order valence-electron chi connectivity index (χ1n) is 7.50. The quantitative estimate of drug-likeness (QED) is 0.774. The molecule has 1 N–H and O–H groups in total. The molecule has 1 heterocycles. The van der Waals surface area contributed by atoms with Gasteiger partial charge in [0, 0.05) is 10.6 Å². The Morgan fingerprint density at radius 3 is 2.75 bits per heavy atom. The van der Waals surface area contributed by atoms with Crippen molar-refractivity contribution in [3.05, 3.63) is 65.2 Å². The van der Waals surface area contributed by atoms with Crippen molar-refractivity contribution in [1.82, 2.24) is 25.5 Å². The number of aromatic nitrogens is 4. The van der Waals surface area contributed by atoms with Gasteiger partial charge in [0.2, 0.25) is 11.7 Å². The summed E-state index contributed by atoms with van der Waals surface area (Å²) in [7, 11) is 0. The molecule has 0 fully saturated rings. The normalized spacial score (nSPS) is 11.9. The molecule has 3 rings (SSSR count). The predicted molar refractivity (Wildman–Crippen MR) is 91.3 cm³/mol. The number of halogens is 1. The SMILES string of the molecule is C[C@H](NC(=O)Cn1nnc(-c2cccc(Cl)c2)n1)c1ccccc1. The summed E-state index contributed by atoms with van der Waals surface area (Å²) in [4.78, 5) is 13.4. The van der Waals surface area contributed by atoms with Gasteiger partial charge in [-0.1, -0.05) is 54.1 Å². The van der Waals surface area contributed by atoms with Crippen LogP contribution in [0.2, 0.25) is 5.02 Å². The fraction of sp³-hybridized carbons (Fsp3) is 0.176. The van der Waals surface area contributed by atoms with Crippen LogP contribution in [0.15, 0.2) is 54.6 Å². The number of hydrogen-bond acceptors (Lipinski definition) is 4. The lowest BCUT2D eigenvalue weighted by Gasteiger charge is -2.13. The van der Waals surface area contributed by atoms with Crippen molar-refractivity contribution < 1.29 is 4.79 Å². The average Bonchev–Trinajstić information content (AvgIpc) is 3.04. The molecule has 24 heavy (non-hydrogen) atoms. The number of amides is 1. The minimum atomic E-state index is -0.179. The van der Waals surface area contributed by atoms with Gasteiger partial charge in [-0.2, -0.15) is 4.80 Å². The molecule has 7 heteroatoms. The number of carbonyl (C=O) groups excluding carboxylic acids is 1. The molecule has 2 aromatic carbocycles. The van der Waals surface area contributed by atoms with E-state index in [2.05, 4.69) is 20.7 Å². The number of hydrogen-bond donors (Lipinski definition) is 1. The van der Waals surface area contributed by atoms with Gasteiger partial charge in [0.15, 0.2) is 0 Å². The largest absolute Gasteiger partial charge is 0.348 e. The maximum absolute atomic E-state index is 12.1. The molecular formula is C17H16ClN5O. The van der Waals surface area contributed by atoms with Gasteiger partial charge in [-0.25, -0.2) is 0 Å². The van der Waals surface area contributed by atoms with E-state index < -0.39 is 0 Å². The van der Waals surface area contributed by atoms with E-state index in [-0.39, 0.29) is 18.5 Å². The number of nitrogens with one attached hydrogen (secondary N) is 1. The standard InChI is InChI=1S/C17H16ClN5O/c1-12(13-6-3-2-4-7-13)19-16(24)11-23-21-17(20-22-23)14-8-5-9-15(18)10-14/h2-10,12H,11H2,1H3,(H,19,24)/t12-/m0/s1. The molecule has 1 atom stereocenters. The molecule has 122 valence electrons. The summed E-state index contributed by atoms with van der Waals surface area (Å²) in [6.07, 6.45) is 0. The van der Waals surface area contributed by atoms with Crippen molar-refractivity contribution in [3.63, 3.8) is 0 Å². The van der Waals surface area contributed by atoms with E-state index >= 15 is 0 Å². The highest BCUT2D eigenvalue weighted by Crippen LogP contribution is 2.18. The Morgan fingerprint density at radius 1 is 1.21 bits per heavy atom. The Balaban J connectivity index is 1.63. The molecule has 6 nitrogen and oxygen atoms in total. The number of benzene rings is 2. The lowest BCUT2D eigenvalue weighted by molar-refractivity contribution is -0.122. The summed E-state index contributed by atoms with van der Waals surface area (Å²) in [6.45, 7) is 1.93. The second kappa shape index (κ2) is 7.23. The summed E-state index contributed by atoms with van der Waals surface area (Å²) in [6, 6.07) is 16.8. The molecule has 0 saturated heterocycles. The van der Waals surface area contributed by atoms with E-state index in [4.69, 9.17) is 11.6 Å². The van der Waals surface area contributed by atoms with Gasteiger partial charge in [-0.15, -0.1) is 10.2 Å². The Morgan fingerprint density at radius 2 is 2.00 bits per heavy atom. The van der Waals surface area contributed by atoms with Crippen LogP contribution in [0.1, 0.15) is 18.5 Å². The zero-order valence-electron chi connectivity index (χ0n) is 13.1. The van der Waals surface area contributed by atoms with Crippen LogP contribution >= 0.6 is 11.6 Å². The van der Waals surface area contributed by atoms with E-state index in [1.54, 1.807) is 12.1 Å². The minimum Gasteiger partial charge on any atom is -0.348 e. The van der Waals surface area contributed by atoms with Crippen LogP contribution in [0.3, 0.4) is 0 Å². The zero-order valence-corrected chi connectivity index (χ0v) is 13.8. The van der Waals surface area contributed by atoms with Crippen LogP contribution in [0.5, 0.6) is 0 Å². The number of carbonyl (C=O) groups is 1. The summed E-state index contributed by atoms with van der Waals surface area (Å²) >= 11 is 5.95. The van der Waals surface area contributed by atoms with Crippen LogP contribution < -0.4 is 5.32 Å². The van der Waals surface area contributed by atoms with Gasteiger partial charge in [0.05, 0.1) is 6.04 Å². The van der Waals surface area contributed by atoms with Crippen LogP contribution in [0.25, 0.3) is 11.4 Å². The minimum absolute atomic E-state index is 0.00470. The molecule has 0 unspecified atom stereocenters. The van der Waals surface area contributed by atoms with E-state index in [1.807, 2.05) is 49.4 Å². The van der Waals surface area contributed by atoms with E-state index in [1.165, 1.54) is 4.80 Å². The van der Waals surface area contributed by atoms with Crippen LogP contribution in [-0.4, -0.2) is 26.1 Å². The number of nitrogens with zero attached hydrogens (tertiary/aromatic N) is 4. The topological polar surface area (TPSA) is 72.7 Å². The van der Waals surface area contributed by atoms with Crippen LogP contribution in [0, 0.1) is 0 Å². The number of rotatable bonds is 5. The van der Waals surface area contributed by atoms with E-state index in [0.29, 0.717) is 10.8 Å². The fourth-order valence-electron chi connectivity index (χ4n) is 2.29. The molecule has 1 aromatic heterocycles. The first-order chi connectivity index (χ1) is 11.6. The van der Waals surface area contributed by atoms with Crippen molar-refractivity contribution in [2.75, 3.05) is 0 Å². The predicted octanol–water partition coefficient (Wildman–Crippen LogP) is 2.87. The average molecular weight is 342 g/mol. The van der Waals surface area contributed by atoms with Crippen molar-refractivity contribution in [3.8, 4) is 11.4 Å². The Hall–Kier alpha value is -2.73. The second-order valence-corrected chi connectivity index (χ2v) is 5.79. The Labute approximate surface area is 144 Å². The molecular weight excluding hydrogens is 326 g/mol. The van der Waals surface area contributed by atoms with Crippen molar-refractivity contribution in [1.29, 1.82) is 0 Å². The van der Waals surface area contributed by atoms with Crippen molar-refractivity contribution in [2.24, 2.45) is 0 Å². The van der Waals surface area contributed by atoms with Gasteiger partial charge in [-0.05, 0) is 29.8 Å². The fourth-order valence-corrected chi connectivity index (χ4v) is 2.48. The van der Waals surface area contributed by atoms with Crippen molar-refractivity contribution in [2.45, 2.75) is 19.5 Å². The summed E-state index contributed by atoms with van der Waals surface area (Å²) < 4.78 is 0. The maximum atomic E-state index is 12.1. The van der Waals surface area contributed by atoms with Crippen LogP contribution in [0.4, 0.5) is 0 Å². The second-order valence-electron chi connectivity index (χ2n) is 5.35. The van der Waals surface area contributed by atoms with Gasteiger partial charge >= 0.3 is 0 Å². The highest BCUT2D eigenvalue weighted by molar-refractivity contribution is 6.30. The molecule has 0 bridgehead atoms. The summed E-state index contributed by atoms with van der Waals surface area (Å²) in [5.41, 5.74) is 1.80. The molecule has 1 amide bonds. The summed E-state index contributed by atoms with van der Waals surface area (Å²) in [5.74, 6) is 0.253. The zero-order chi connectivity index (χ0) is 16.9. The maximum Gasteiger partial charge on any atom is 0.244 e. The van der Waals surface area contributed by atoms with Gasteiger partial charge in [0.1, 0.15) is 6.54 Å². The third kappa shape index (κ3) is 3.97. The van der Waals surface area contributed by atoms with Crippen LogP contribution in [-0.2, 0) is 11.3 Å². The molecule has 0 aliphatic heterocycles. The third-order valence-corrected chi connectivity index (χ3v) is 3.73.